The van der Waals surface area contributed by atoms with E-state index in [2.05, 4.69) is 20.5 Å². The average Bonchev–Trinajstić information content (AvgIpc) is 3.64. The fourth-order valence-electron chi connectivity index (χ4n) is 3.73. The van der Waals surface area contributed by atoms with Crippen LogP contribution in [0.5, 0.6) is 5.75 Å². The number of rotatable bonds is 9. The second-order valence-corrected chi connectivity index (χ2v) is 11.8. The fourth-order valence-corrected chi connectivity index (χ4v) is 6.72. The molecule has 13 heteroatoms. The minimum atomic E-state index is -3.48. The fraction of sp³-hybridized carbons (Fsp3) is 0.304. The third-order valence-corrected chi connectivity index (χ3v) is 9.12. The van der Waals surface area contributed by atoms with E-state index in [1.54, 1.807) is 24.3 Å². The number of carbonyl (C=O) groups excluding carboxylic acids is 1. The van der Waals surface area contributed by atoms with E-state index >= 15 is 0 Å². The van der Waals surface area contributed by atoms with Gasteiger partial charge in [-0.1, -0.05) is 23.1 Å². The predicted molar refractivity (Wildman–Crippen MR) is 138 cm³/mol. The number of sulfonamides is 1. The Morgan fingerprint density at radius 2 is 1.94 bits per heavy atom. The average molecular weight is 546 g/mol. The topological polar surface area (TPSA) is 128 Å². The first kappa shape index (κ1) is 24.7. The van der Waals surface area contributed by atoms with E-state index in [9.17, 15) is 13.2 Å². The molecule has 1 aliphatic rings. The summed E-state index contributed by atoms with van der Waals surface area (Å²) in [6.07, 6.45) is 1.77. The van der Waals surface area contributed by atoms with Gasteiger partial charge in [-0.2, -0.15) is 4.31 Å². The van der Waals surface area contributed by atoms with Crippen molar-refractivity contribution in [3.63, 3.8) is 0 Å². The van der Waals surface area contributed by atoms with Crippen LogP contribution >= 0.6 is 23.1 Å². The molecule has 4 aromatic rings. The van der Waals surface area contributed by atoms with Crippen LogP contribution in [-0.4, -0.2) is 59.3 Å². The Morgan fingerprint density at radius 3 is 2.69 bits per heavy atom. The van der Waals surface area contributed by atoms with E-state index in [4.69, 9.17) is 9.15 Å². The molecule has 0 spiro atoms. The molecule has 1 aliphatic heterocycles. The predicted octanol–water partition coefficient (Wildman–Crippen LogP) is 4.26. The monoisotopic (exact) mass is 545 g/mol. The minimum Gasteiger partial charge on any atom is -0.494 e. The van der Waals surface area contributed by atoms with Gasteiger partial charge in [0.2, 0.25) is 21.8 Å². The normalized spacial score (nSPS) is 14.4. The lowest BCUT2D eigenvalue weighted by atomic mass is 10.2. The largest absolute Gasteiger partial charge is 0.494 e. The van der Waals surface area contributed by atoms with Crippen molar-refractivity contribution in [3.05, 3.63) is 42.5 Å². The number of hydrogen-bond donors (Lipinski definition) is 1. The Bertz CT molecular complexity index is 1480. The molecule has 0 radical (unpaired) electrons. The third-order valence-electron chi connectivity index (χ3n) is 5.45. The van der Waals surface area contributed by atoms with Gasteiger partial charge in [0, 0.05) is 18.7 Å². The lowest BCUT2D eigenvalue weighted by Gasteiger charge is -2.15. The number of carbonyl (C=O) groups is 1. The number of thiazole rings is 1. The van der Waals surface area contributed by atoms with Gasteiger partial charge in [-0.05, 0) is 62.2 Å². The van der Waals surface area contributed by atoms with E-state index < -0.39 is 10.0 Å². The van der Waals surface area contributed by atoms with E-state index in [0.29, 0.717) is 30.4 Å². The lowest BCUT2D eigenvalue weighted by Crippen LogP contribution is -2.27. The molecule has 2 aromatic heterocycles. The quantitative estimate of drug-likeness (QED) is 0.307. The van der Waals surface area contributed by atoms with Crippen LogP contribution < -0.4 is 10.1 Å². The minimum absolute atomic E-state index is 0.0643. The zero-order valence-electron chi connectivity index (χ0n) is 19.3. The van der Waals surface area contributed by atoms with Crippen LogP contribution in [0, 0.1) is 0 Å². The van der Waals surface area contributed by atoms with Crippen molar-refractivity contribution in [1.82, 2.24) is 19.5 Å². The van der Waals surface area contributed by atoms with Crippen molar-refractivity contribution in [2.24, 2.45) is 0 Å². The van der Waals surface area contributed by atoms with Gasteiger partial charge in [0.25, 0.3) is 5.22 Å². The molecule has 3 heterocycles. The standard InChI is InChI=1S/C23H23N5O5S3/c1-2-32-16-7-10-18-19(13-16)35-22(24-18)25-20(29)14-34-23-27-26-21(33-23)15-5-8-17(9-6-15)36(30,31)28-11-3-4-12-28/h5-10,13H,2-4,11-12,14H2,1H3,(H,24,25,29). The smallest absolute Gasteiger partial charge is 0.277 e. The maximum absolute atomic E-state index is 12.7. The van der Waals surface area contributed by atoms with Crippen molar-refractivity contribution >= 4 is 54.4 Å². The van der Waals surface area contributed by atoms with Crippen LogP contribution in [0.2, 0.25) is 0 Å². The summed E-state index contributed by atoms with van der Waals surface area (Å²) < 4.78 is 38.9. The van der Waals surface area contributed by atoms with Crippen LogP contribution in [0.25, 0.3) is 21.7 Å². The summed E-state index contributed by atoms with van der Waals surface area (Å²) >= 11 is 2.48. The molecule has 5 rings (SSSR count). The Hall–Kier alpha value is -3.00. The van der Waals surface area contributed by atoms with Crippen LogP contribution in [0.15, 0.2) is 57.0 Å². The molecule has 0 saturated carbocycles. The van der Waals surface area contributed by atoms with Gasteiger partial charge in [-0.15, -0.1) is 10.2 Å². The van der Waals surface area contributed by atoms with Gasteiger partial charge in [0.1, 0.15) is 5.75 Å². The van der Waals surface area contributed by atoms with Gasteiger partial charge in [-0.25, -0.2) is 13.4 Å². The van der Waals surface area contributed by atoms with Crippen molar-refractivity contribution in [3.8, 4) is 17.2 Å². The number of nitrogens with zero attached hydrogens (tertiary/aromatic N) is 4. The number of hydrogen-bond acceptors (Lipinski definition) is 10. The molecule has 0 aliphatic carbocycles. The van der Waals surface area contributed by atoms with E-state index in [1.165, 1.54) is 15.6 Å². The Labute approximate surface area is 216 Å². The Balaban J connectivity index is 1.18. The highest BCUT2D eigenvalue weighted by molar-refractivity contribution is 7.99. The number of fused-ring (bicyclic) bond motifs is 1. The van der Waals surface area contributed by atoms with Crippen LogP contribution in [0.1, 0.15) is 19.8 Å². The summed E-state index contributed by atoms with van der Waals surface area (Å²) in [4.78, 5) is 17.1. The van der Waals surface area contributed by atoms with Crippen molar-refractivity contribution in [2.45, 2.75) is 29.9 Å². The van der Waals surface area contributed by atoms with Crippen molar-refractivity contribution < 1.29 is 22.4 Å². The Kier molecular flexibility index (Phi) is 7.23. The molecule has 1 amide bonds. The number of anilines is 1. The van der Waals surface area contributed by atoms with Gasteiger partial charge in [-0.3, -0.25) is 4.79 Å². The second-order valence-electron chi connectivity index (χ2n) is 7.93. The highest BCUT2D eigenvalue weighted by atomic mass is 32.2. The molecular weight excluding hydrogens is 522 g/mol. The first-order chi connectivity index (χ1) is 17.4. The van der Waals surface area contributed by atoms with Crippen LogP contribution in [0.4, 0.5) is 5.13 Å². The van der Waals surface area contributed by atoms with Crippen molar-refractivity contribution in [1.29, 1.82) is 0 Å². The zero-order valence-corrected chi connectivity index (χ0v) is 21.8. The summed E-state index contributed by atoms with van der Waals surface area (Å²) in [5.74, 6) is 0.825. The van der Waals surface area contributed by atoms with Crippen molar-refractivity contribution in [2.75, 3.05) is 30.8 Å². The van der Waals surface area contributed by atoms with E-state index in [1.807, 2.05) is 25.1 Å². The summed E-state index contributed by atoms with van der Waals surface area (Å²) in [6, 6.07) is 12.0. The first-order valence-corrected chi connectivity index (χ1v) is 14.6. The molecule has 0 unspecified atom stereocenters. The van der Waals surface area contributed by atoms with E-state index in [-0.39, 0.29) is 27.7 Å². The SMILES string of the molecule is CCOc1ccc2nc(NC(=O)CSc3nnc(-c4ccc(S(=O)(=O)N5CCCC5)cc4)o3)sc2c1. The molecule has 0 atom stereocenters. The lowest BCUT2D eigenvalue weighted by molar-refractivity contribution is -0.113. The number of ether oxygens (including phenoxy) is 1. The highest BCUT2D eigenvalue weighted by Gasteiger charge is 2.27. The number of aromatic nitrogens is 3. The summed E-state index contributed by atoms with van der Waals surface area (Å²) in [5, 5.41) is 11.5. The second kappa shape index (κ2) is 10.5. The van der Waals surface area contributed by atoms with E-state index in [0.717, 1.165) is 40.6 Å². The molecule has 2 aromatic carbocycles. The Morgan fingerprint density at radius 1 is 1.17 bits per heavy atom. The molecule has 0 bridgehead atoms. The number of amides is 1. The maximum Gasteiger partial charge on any atom is 0.277 e. The molecule has 188 valence electrons. The highest BCUT2D eigenvalue weighted by Crippen LogP contribution is 2.30. The molecular formula is C23H23N5O5S3. The molecule has 1 fully saturated rings. The molecule has 10 nitrogen and oxygen atoms in total. The molecule has 36 heavy (non-hydrogen) atoms. The number of benzene rings is 2. The van der Waals surface area contributed by atoms with Gasteiger partial charge in [0.15, 0.2) is 5.13 Å². The summed E-state index contributed by atoms with van der Waals surface area (Å²) in [5.41, 5.74) is 1.38. The summed E-state index contributed by atoms with van der Waals surface area (Å²) in [6.45, 7) is 3.60. The number of thioether (sulfide) groups is 1. The number of nitrogens with one attached hydrogen (secondary N) is 1. The zero-order chi connectivity index (χ0) is 25.1. The summed E-state index contributed by atoms with van der Waals surface area (Å²) in [7, 11) is -3.48. The van der Waals surface area contributed by atoms with Crippen LogP contribution in [-0.2, 0) is 14.8 Å². The molecule has 1 saturated heterocycles. The first-order valence-electron chi connectivity index (χ1n) is 11.3. The molecule has 1 N–H and O–H groups in total. The third kappa shape index (κ3) is 5.38. The maximum atomic E-state index is 12.7. The van der Waals surface area contributed by atoms with Gasteiger partial charge < -0.3 is 14.5 Å². The van der Waals surface area contributed by atoms with Gasteiger partial charge in [0.05, 0.1) is 27.5 Å². The van der Waals surface area contributed by atoms with Gasteiger partial charge >= 0.3 is 0 Å². The van der Waals surface area contributed by atoms with Crippen LogP contribution in [0.3, 0.4) is 0 Å².